The average molecular weight is 627 g/mol. The monoisotopic (exact) mass is 626 g/mol. The molecule has 2 aliphatic heterocycles. The molecule has 2 aromatic carbocycles. The zero-order valence-corrected chi connectivity index (χ0v) is 23.6. The van der Waals surface area contributed by atoms with Gasteiger partial charge in [0.1, 0.15) is 17.4 Å². The summed E-state index contributed by atoms with van der Waals surface area (Å²) in [4.78, 5) is 3.24. The Morgan fingerprint density at radius 1 is 1.07 bits per heavy atom. The van der Waals surface area contributed by atoms with Gasteiger partial charge in [-0.15, -0.1) is 0 Å². The van der Waals surface area contributed by atoms with Gasteiger partial charge < -0.3 is 4.18 Å². The molecular weight excluding hydrogens is 596 g/mol. The van der Waals surface area contributed by atoms with Crippen LogP contribution in [0.3, 0.4) is 0 Å². The van der Waals surface area contributed by atoms with E-state index in [2.05, 4.69) is 4.18 Å². The van der Waals surface area contributed by atoms with Gasteiger partial charge in [0.15, 0.2) is 0 Å². The lowest BCUT2D eigenvalue weighted by Gasteiger charge is -2.43. The lowest BCUT2D eigenvalue weighted by Crippen LogP contribution is -2.48. The van der Waals surface area contributed by atoms with Crippen LogP contribution in [0.4, 0.5) is 35.1 Å². The molecule has 42 heavy (non-hydrogen) atoms. The molecule has 0 unspecified atom stereocenters. The Labute approximate surface area is 238 Å². The van der Waals surface area contributed by atoms with E-state index in [4.69, 9.17) is 0 Å². The van der Waals surface area contributed by atoms with Crippen LogP contribution in [-0.4, -0.2) is 68.5 Å². The quantitative estimate of drug-likeness (QED) is 0.178. The van der Waals surface area contributed by atoms with Gasteiger partial charge in [-0.05, 0) is 67.1 Å². The fraction of sp³-hybridized carbons (Fsp3) is 0.500. The van der Waals surface area contributed by atoms with Gasteiger partial charge in [-0.2, -0.15) is 21.6 Å². The van der Waals surface area contributed by atoms with Crippen LogP contribution in [0.25, 0.3) is 6.08 Å². The maximum atomic E-state index is 15.7. The lowest BCUT2D eigenvalue weighted by molar-refractivity contribution is -0.0500. The highest BCUT2D eigenvalue weighted by Crippen LogP contribution is 2.43. The molecule has 14 heteroatoms. The highest BCUT2D eigenvalue weighted by molar-refractivity contribution is 7.88. The van der Waals surface area contributed by atoms with E-state index < -0.39 is 69.8 Å². The summed E-state index contributed by atoms with van der Waals surface area (Å²) in [5, 5.41) is 0. The molecule has 2 aliphatic rings. The van der Waals surface area contributed by atoms with E-state index >= 15 is 8.78 Å². The number of rotatable bonds is 9. The van der Waals surface area contributed by atoms with Gasteiger partial charge in [0.05, 0.1) is 19.3 Å². The molecule has 0 bridgehead atoms. The molecule has 0 aliphatic carbocycles. The summed E-state index contributed by atoms with van der Waals surface area (Å²) in [5.74, 6) is -5.96. The molecule has 4 rings (SSSR count). The molecule has 0 saturated carbocycles. The summed E-state index contributed by atoms with van der Waals surface area (Å²) in [6, 6.07) is 3.04. The van der Waals surface area contributed by atoms with Crippen LogP contribution in [-0.2, 0) is 16.5 Å². The third-order valence-electron chi connectivity index (χ3n) is 7.30. The molecule has 2 atom stereocenters. The van der Waals surface area contributed by atoms with Crippen molar-refractivity contribution < 1.29 is 47.7 Å². The van der Waals surface area contributed by atoms with Gasteiger partial charge in [-0.25, -0.2) is 17.6 Å². The predicted octanol–water partition coefficient (Wildman–Crippen LogP) is 6.63. The van der Waals surface area contributed by atoms with Crippen LogP contribution in [0.5, 0.6) is 5.75 Å². The van der Waals surface area contributed by atoms with Crippen LogP contribution < -0.4 is 4.18 Å². The Morgan fingerprint density at radius 2 is 1.74 bits per heavy atom. The normalized spacial score (nSPS) is 21.6. The molecule has 5 nitrogen and oxygen atoms in total. The second-order valence-corrected chi connectivity index (χ2v) is 12.3. The maximum Gasteiger partial charge on any atom is 0.534 e. The Kier molecular flexibility index (Phi) is 9.29. The minimum Gasteiger partial charge on any atom is -0.376 e. The van der Waals surface area contributed by atoms with Crippen LogP contribution in [0, 0.1) is 11.6 Å². The number of nitrogens with zero attached hydrogens (tertiary/aromatic N) is 2. The van der Waals surface area contributed by atoms with E-state index in [0.29, 0.717) is 39.4 Å². The highest BCUT2D eigenvalue weighted by atomic mass is 32.2. The number of fused-ring (bicyclic) bond motifs is 1. The van der Waals surface area contributed by atoms with E-state index in [1.165, 1.54) is 11.8 Å². The summed E-state index contributed by atoms with van der Waals surface area (Å²) >= 11 is 0. The van der Waals surface area contributed by atoms with E-state index in [9.17, 15) is 34.8 Å². The Morgan fingerprint density at radius 3 is 2.33 bits per heavy atom. The number of hydrogen-bond acceptors (Lipinski definition) is 5. The number of likely N-dealkylation sites (tertiary alicyclic amines) is 1. The number of halogens is 8. The summed E-state index contributed by atoms with van der Waals surface area (Å²) in [7, 11) is -5.98. The van der Waals surface area contributed by atoms with Crippen molar-refractivity contribution >= 4 is 16.2 Å². The molecule has 232 valence electrons. The molecule has 0 amide bonds. The van der Waals surface area contributed by atoms with Crippen molar-refractivity contribution in [3.8, 4) is 5.75 Å². The molecule has 0 aromatic heterocycles. The molecular formula is C28H30F8N2O3S. The number of hydrogen-bond donors (Lipinski definition) is 0. The van der Waals surface area contributed by atoms with Crippen LogP contribution in [0.15, 0.2) is 35.9 Å². The first kappa shape index (κ1) is 32.2. The third-order valence-corrected chi connectivity index (χ3v) is 8.28. The van der Waals surface area contributed by atoms with Gasteiger partial charge in [0.25, 0.3) is 5.92 Å². The number of alkyl halides is 6. The van der Waals surface area contributed by atoms with Crippen molar-refractivity contribution in [3.63, 3.8) is 0 Å². The number of benzene rings is 2. The molecule has 0 spiro atoms. The second-order valence-electron chi connectivity index (χ2n) is 10.8. The summed E-state index contributed by atoms with van der Waals surface area (Å²) < 4.78 is 138. The van der Waals surface area contributed by atoms with Crippen molar-refractivity contribution in [2.24, 2.45) is 0 Å². The van der Waals surface area contributed by atoms with Crippen molar-refractivity contribution in [2.75, 3.05) is 32.9 Å². The van der Waals surface area contributed by atoms with E-state index in [1.807, 2.05) is 4.90 Å². The van der Waals surface area contributed by atoms with Crippen molar-refractivity contribution in [2.45, 2.75) is 56.6 Å². The summed E-state index contributed by atoms with van der Waals surface area (Å²) in [6.07, 6.45) is 2.62. The van der Waals surface area contributed by atoms with Crippen molar-refractivity contribution in [1.29, 1.82) is 0 Å². The Hall–Kier alpha value is -2.71. The van der Waals surface area contributed by atoms with Crippen LogP contribution in [0.2, 0.25) is 0 Å². The van der Waals surface area contributed by atoms with Gasteiger partial charge in [-0.3, -0.25) is 14.2 Å². The standard InChI is InChI=1S/C28H30F8N2O3S/c1-17-10-20-14-21(41-42(39,40)28(34,35)36)4-5-22(20)26(38(17)16-27(2,32)33)25-23(30)12-19(13-24(25)31)11-18-6-9-37(15-18)8-3-7-29/h4-5,11-14,17,26H,3,6-10,15-16H2,1-2H3/t17-,26+/m1/s1. The van der Waals surface area contributed by atoms with E-state index in [-0.39, 0.29) is 23.1 Å². The van der Waals surface area contributed by atoms with Gasteiger partial charge in [0, 0.05) is 38.2 Å². The topological polar surface area (TPSA) is 49.9 Å². The molecule has 0 radical (unpaired) electrons. The van der Waals surface area contributed by atoms with E-state index in [1.54, 1.807) is 6.08 Å². The molecule has 1 fully saturated rings. The zero-order valence-electron chi connectivity index (χ0n) is 22.8. The molecule has 2 heterocycles. The van der Waals surface area contributed by atoms with E-state index in [0.717, 1.165) is 35.9 Å². The Balaban J connectivity index is 1.73. The zero-order chi connectivity index (χ0) is 31.0. The maximum absolute atomic E-state index is 15.7. The summed E-state index contributed by atoms with van der Waals surface area (Å²) in [5.41, 5.74) is -4.78. The van der Waals surface area contributed by atoms with Crippen LogP contribution in [0.1, 0.15) is 55.0 Å². The van der Waals surface area contributed by atoms with Gasteiger partial charge in [0.2, 0.25) is 0 Å². The van der Waals surface area contributed by atoms with Crippen molar-refractivity contribution in [3.05, 3.63) is 69.8 Å². The first-order valence-electron chi connectivity index (χ1n) is 13.2. The average Bonchev–Trinajstić information content (AvgIpc) is 3.29. The first-order chi connectivity index (χ1) is 19.5. The minimum absolute atomic E-state index is 0.0303. The lowest BCUT2D eigenvalue weighted by atomic mass is 9.84. The molecule has 1 saturated heterocycles. The molecule has 0 N–H and O–H groups in total. The predicted molar refractivity (Wildman–Crippen MR) is 140 cm³/mol. The highest BCUT2D eigenvalue weighted by Gasteiger charge is 2.49. The Bertz CT molecular complexity index is 1420. The first-order valence-corrected chi connectivity index (χ1v) is 14.6. The van der Waals surface area contributed by atoms with Crippen LogP contribution >= 0.6 is 0 Å². The smallest absolute Gasteiger partial charge is 0.376 e. The third kappa shape index (κ3) is 7.25. The van der Waals surface area contributed by atoms with Crippen molar-refractivity contribution in [1.82, 2.24) is 9.80 Å². The SMILES string of the molecule is C[C@@H]1Cc2cc(OS(=O)(=O)C(F)(F)F)ccc2[C@@H](c2c(F)cc(C=C3CCN(CCCF)C3)cc2F)N1CC(C)(F)F. The molecule has 2 aromatic rings. The minimum atomic E-state index is -5.98. The largest absolute Gasteiger partial charge is 0.534 e. The summed E-state index contributed by atoms with van der Waals surface area (Å²) in [6.45, 7) is 2.61. The van der Waals surface area contributed by atoms with Gasteiger partial charge >= 0.3 is 15.6 Å². The van der Waals surface area contributed by atoms with Gasteiger partial charge in [-0.1, -0.05) is 17.7 Å². The fourth-order valence-corrected chi connectivity index (χ4v) is 5.98. The fourth-order valence-electron chi connectivity index (χ4n) is 5.53. The second kappa shape index (κ2) is 12.1.